The summed E-state index contributed by atoms with van der Waals surface area (Å²) in [5.74, 6) is 0.628. The molecule has 0 aliphatic heterocycles. The van der Waals surface area contributed by atoms with E-state index in [-0.39, 0.29) is 18.2 Å². The van der Waals surface area contributed by atoms with Gasteiger partial charge in [-0.1, -0.05) is 12.1 Å². The smallest absolute Gasteiger partial charge is 0.416 e. The number of halogens is 3. The number of benzene rings is 3. The minimum atomic E-state index is -4.47. The maximum Gasteiger partial charge on any atom is 0.416 e. The van der Waals surface area contributed by atoms with Crippen molar-refractivity contribution < 1.29 is 32.2 Å². The van der Waals surface area contributed by atoms with Gasteiger partial charge in [0.15, 0.2) is 5.82 Å². The van der Waals surface area contributed by atoms with Crippen molar-refractivity contribution in [3.05, 3.63) is 83.9 Å². The number of methoxy groups -OCH3 is 1. The Morgan fingerprint density at radius 2 is 1.74 bits per heavy atom. The zero-order valence-electron chi connectivity index (χ0n) is 20.7. The predicted octanol–water partition coefficient (Wildman–Crippen LogP) is 5.63. The first kappa shape index (κ1) is 26.7. The average Bonchev–Trinajstić information content (AvgIpc) is 3.35. The predicted molar refractivity (Wildman–Crippen MR) is 135 cm³/mol. The highest BCUT2D eigenvalue weighted by Crippen LogP contribution is 2.30. The SMILES string of the molecule is CCOCCOc1nc(-c2cccc(OC)c2)n(-c2ccc(NC(=O)c3ccc(C(F)(F)F)cc3)cc2)n1. The normalized spacial score (nSPS) is 11.3. The second-order valence-electron chi connectivity index (χ2n) is 7.98. The molecule has 8 nitrogen and oxygen atoms in total. The van der Waals surface area contributed by atoms with Crippen molar-refractivity contribution in [2.24, 2.45) is 0 Å². The van der Waals surface area contributed by atoms with Crippen LogP contribution in [-0.4, -0.2) is 47.6 Å². The number of amides is 1. The Bertz CT molecular complexity index is 1370. The van der Waals surface area contributed by atoms with E-state index in [1.165, 1.54) is 0 Å². The molecule has 1 N–H and O–H groups in total. The van der Waals surface area contributed by atoms with Crippen LogP contribution in [0.4, 0.5) is 18.9 Å². The highest BCUT2D eigenvalue weighted by molar-refractivity contribution is 6.04. The number of hydrogen-bond donors (Lipinski definition) is 1. The fourth-order valence-corrected chi connectivity index (χ4v) is 3.52. The van der Waals surface area contributed by atoms with Gasteiger partial charge in [0.05, 0.1) is 25.0 Å². The van der Waals surface area contributed by atoms with Crippen molar-refractivity contribution in [3.63, 3.8) is 0 Å². The molecule has 0 saturated heterocycles. The number of carbonyl (C=O) groups is 1. The van der Waals surface area contributed by atoms with Gasteiger partial charge in [-0.15, -0.1) is 5.10 Å². The summed E-state index contributed by atoms with van der Waals surface area (Å²) in [6.45, 7) is 3.14. The topological polar surface area (TPSA) is 87.5 Å². The van der Waals surface area contributed by atoms with Gasteiger partial charge in [-0.2, -0.15) is 18.2 Å². The number of nitrogens with zero attached hydrogens (tertiary/aromatic N) is 3. The van der Waals surface area contributed by atoms with Crippen LogP contribution in [-0.2, 0) is 10.9 Å². The van der Waals surface area contributed by atoms with E-state index in [9.17, 15) is 18.0 Å². The maximum atomic E-state index is 12.8. The number of hydrogen-bond acceptors (Lipinski definition) is 6. The molecule has 0 unspecified atom stereocenters. The van der Waals surface area contributed by atoms with Crippen LogP contribution in [0.5, 0.6) is 11.8 Å². The molecule has 38 heavy (non-hydrogen) atoms. The van der Waals surface area contributed by atoms with Gasteiger partial charge < -0.3 is 19.5 Å². The Balaban J connectivity index is 1.55. The summed E-state index contributed by atoms with van der Waals surface area (Å²) >= 11 is 0. The third-order valence-corrected chi connectivity index (χ3v) is 5.42. The molecule has 0 spiro atoms. The fourth-order valence-electron chi connectivity index (χ4n) is 3.52. The summed E-state index contributed by atoms with van der Waals surface area (Å²) in [6, 6.07) is 18.3. The van der Waals surface area contributed by atoms with E-state index in [2.05, 4.69) is 15.4 Å². The lowest BCUT2D eigenvalue weighted by Gasteiger charge is -2.10. The van der Waals surface area contributed by atoms with Crippen LogP contribution in [0.1, 0.15) is 22.8 Å². The monoisotopic (exact) mass is 526 g/mol. The number of aromatic nitrogens is 3. The molecule has 4 rings (SSSR count). The largest absolute Gasteiger partial charge is 0.497 e. The molecule has 0 aliphatic rings. The van der Waals surface area contributed by atoms with E-state index in [0.717, 1.165) is 29.8 Å². The van der Waals surface area contributed by atoms with Crippen molar-refractivity contribution >= 4 is 11.6 Å². The molecule has 3 aromatic carbocycles. The summed E-state index contributed by atoms with van der Waals surface area (Å²) in [7, 11) is 1.57. The summed E-state index contributed by atoms with van der Waals surface area (Å²) < 4.78 is 56.2. The molecule has 1 aromatic heterocycles. The second kappa shape index (κ2) is 11.8. The van der Waals surface area contributed by atoms with Gasteiger partial charge in [-0.25, -0.2) is 4.68 Å². The van der Waals surface area contributed by atoms with Crippen molar-refractivity contribution in [1.29, 1.82) is 0 Å². The van der Waals surface area contributed by atoms with Crippen LogP contribution in [0.2, 0.25) is 0 Å². The molecule has 0 radical (unpaired) electrons. The van der Waals surface area contributed by atoms with Gasteiger partial charge >= 0.3 is 12.2 Å². The van der Waals surface area contributed by atoms with Gasteiger partial charge in [-0.05, 0) is 67.6 Å². The van der Waals surface area contributed by atoms with Crippen molar-refractivity contribution in [1.82, 2.24) is 14.8 Å². The van der Waals surface area contributed by atoms with Gasteiger partial charge in [0, 0.05) is 23.4 Å². The second-order valence-corrected chi connectivity index (χ2v) is 7.98. The van der Waals surface area contributed by atoms with Crippen LogP contribution >= 0.6 is 0 Å². The standard InChI is InChI=1S/C27H25F3N4O4/c1-3-37-15-16-38-26-32-24(19-5-4-6-23(17-19)36-2)34(33-26)22-13-11-21(12-14-22)31-25(35)18-7-9-20(10-8-18)27(28,29)30/h4-14,17H,3,15-16H2,1-2H3,(H,31,35). The molecular formula is C27H25F3N4O4. The molecule has 11 heteroatoms. The lowest BCUT2D eigenvalue weighted by atomic mass is 10.1. The molecule has 0 aliphatic carbocycles. The highest BCUT2D eigenvalue weighted by atomic mass is 19.4. The average molecular weight is 527 g/mol. The Hall–Kier alpha value is -4.38. The zero-order valence-corrected chi connectivity index (χ0v) is 20.7. The fraction of sp³-hybridized carbons (Fsp3) is 0.222. The first-order chi connectivity index (χ1) is 18.3. The van der Waals surface area contributed by atoms with Crippen LogP contribution in [0.3, 0.4) is 0 Å². The molecule has 1 heterocycles. The van der Waals surface area contributed by atoms with Crippen LogP contribution in [0.15, 0.2) is 72.8 Å². The summed E-state index contributed by atoms with van der Waals surface area (Å²) in [6.07, 6.45) is -4.47. The Kier molecular flexibility index (Phi) is 8.27. The summed E-state index contributed by atoms with van der Waals surface area (Å²) in [5, 5.41) is 7.16. The van der Waals surface area contributed by atoms with Gasteiger partial charge in [0.25, 0.3) is 5.91 Å². The Morgan fingerprint density at radius 1 is 1.00 bits per heavy atom. The molecule has 0 atom stereocenters. The van der Waals surface area contributed by atoms with Crippen molar-refractivity contribution in [3.8, 4) is 28.8 Å². The molecule has 0 saturated carbocycles. The van der Waals surface area contributed by atoms with E-state index in [1.807, 2.05) is 31.2 Å². The van der Waals surface area contributed by atoms with Gasteiger partial charge in [0.2, 0.25) is 0 Å². The Labute approximate surface area is 217 Å². The van der Waals surface area contributed by atoms with E-state index in [1.54, 1.807) is 36.1 Å². The molecule has 0 bridgehead atoms. The van der Waals surface area contributed by atoms with Crippen LogP contribution in [0, 0.1) is 0 Å². The minimum absolute atomic E-state index is 0.104. The number of alkyl halides is 3. The van der Waals surface area contributed by atoms with E-state index in [0.29, 0.717) is 36.2 Å². The van der Waals surface area contributed by atoms with Crippen LogP contribution in [0.25, 0.3) is 17.1 Å². The number of ether oxygens (including phenoxy) is 3. The van der Waals surface area contributed by atoms with E-state index in [4.69, 9.17) is 14.2 Å². The maximum absolute atomic E-state index is 12.8. The molecule has 0 fully saturated rings. The minimum Gasteiger partial charge on any atom is -0.497 e. The first-order valence-electron chi connectivity index (χ1n) is 11.7. The lowest BCUT2D eigenvalue weighted by molar-refractivity contribution is -0.137. The number of anilines is 1. The third-order valence-electron chi connectivity index (χ3n) is 5.42. The van der Waals surface area contributed by atoms with Crippen molar-refractivity contribution in [2.75, 3.05) is 32.2 Å². The molecule has 1 amide bonds. The summed E-state index contributed by atoms with van der Waals surface area (Å²) in [5.41, 5.74) is 1.13. The number of rotatable bonds is 10. The zero-order chi connectivity index (χ0) is 27.1. The quantitative estimate of drug-likeness (QED) is 0.270. The molecule has 198 valence electrons. The lowest BCUT2D eigenvalue weighted by Crippen LogP contribution is -2.13. The third kappa shape index (κ3) is 6.48. The number of nitrogens with one attached hydrogen (secondary N) is 1. The van der Waals surface area contributed by atoms with Gasteiger partial charge in [-0.3, -0.25) is 4.79 Å². The Morgan fingerprint density at radius 3 is 2.39 bits per heavy atom. The van der Waals surface area contributed by atoms with E-state index < -0.39 is 17.6 Å². The highest BCUT2D eigenvalue weighted by Gasteiger charge is 2.30. The van der Waals surface area contributed by atoms with E-state index >= 15 is 0 Å². The molecule has 4 aromatic rings. The van der Waals surface area contributed by atoms with Gasteiger partial charge in [0.1, 0.15) is 12.4 Å². The van der Waals surface area contributed by atoms with Crippen LogP contribution < -0.4 is 14.8 Å². The van der Waals surface area contributed by atoms with Crippen molar-refractivity contribution in [2.45, 2.75) is 13.1 Å². The number of carbonyl (C=O) groups excluding carboxylic acids is 1. The summed E-state index contributed by atoms with van der Waals surface area (Å²) in [4.78, 5) is 17.1. The first-order valence-corrected chi connectivity index (χ1v) is 11.7. The molecular weight excluding hydrogens is 501 g/mol.